The van der Waals surface area contributed by atoms with Gasteiger partial charge in [0, 0.05) is 16.7 Å². The normalized spacial score (nSPS) is 11.2. The summed E-state index contributed by atoms with van der Waals surface area (Å²) in [6.45, 7) is 3.70. The molecule has 0 aliphatic rings. The van der Waals surface area contributed by atoms with E-state index in [1.54, 1.807) is 11.8 Å². The monoisotopic (exact) mass is 229 g/mol. The topological polar surface area (TPSA) is 44.5 Å². The number of rotatable bonds is 3. The first-order chi connectivity index (χ1) is 7.88. The molecule has 3 nitrogen and oxygen atoms in total. The molecule has 3 aromatic rings. The summed E-state index contributed by atoms with van der Waals surface area (Å²) in [7, 11) is 0. The SMILES string of the molecule is C=CCSc1nc2[nH]c3ccccc3c2[nH]1. The molecular weight excluding hydrogens is 218 g/mol. The standard InChI is InChI=1S/C12H11N3S/c1-2-7-16-12-14-10-8-5-3-4-6-9(8)13-11(10)15-12/h2-6,13H,1,7H2,(H,14,15). The van der Waals surface area contributed by atoms with E-state index >= 15 is 0 Å². The van der Waals surface area contributed by atoms with Gasteiger partial charge in [-0.1, -0.05) is 36.0 Å². The maximum Gasteiger partial charge on any atom is 0.168 e. The Labute approximate surface area is 97.0 Å². The summed E-state index contributed by atoms with van der Waals surface area (Å²) in [5, 5.41) is 2.13. The summed E-state index contributed by atoms with van der Waals surface area (Å²) in [5.74, 6) is 0.869. The number of H-pyrrole nitrogens is 2. The number of nitrogens with one attached hydrogen (secondary N) is 2. The molecule has 2 heterocycles. The van der Waals surface area contributed by atoms with Crippen molar-refractivity contribution in [3.8, 4) is 0 Å². The summed E-state index contributed by atoms with van der Waals surface area (Å²) < 4.78 is 0. The van der Waals surface area contributed by atoms with Crippen LogP contribution in [-0.2, 0) is 0 Å². The molecule has 0 saturated heterocycles. The molecule has 80 valence electrons. The highest BCUT2D eigenvalue weighted by Crippen LogP contribution is 2.26. The van der Waals surface area contributed by atoms with Gasteiger partial charge in [-0.2, -0.15) is 0 Å². The Kier molecular flexibility index (Phi) is 2.22. The number of nitrogens with zero attached hydrogens (tertiary/aromatic N) is 1. The predicted molar refractivity (Wildman–Crippen MR) is 68.9 cm³/mol. The van der Waals surface area contributed by atoms with Crippen LogP contribution in [0.3, 0.4) is 0 Å². The lowest BCUT2D eigenvalue weighted by Crippen LogP contribution is -1.77. The maximum atomic E-state index is 4.49. The van der Waals surface area contributed by atoms with Gasteiger partial charge in [-0.05, 0) is 6.07 Å². The molecule has 0 radical (unpaired) electrons. The number of hydrogen-bond donors (Lipinski definition) is 2. The van der Waals surface area contributed by atoms with Crippen LogP contribution in [-0.4, -0.2) is 20.7 Å². The largest absolute Gasteiger partial charge is 0.338 e. The van der Waals surface area contributed by atoms with Gasteiger partial charge in [0.2, 0.25) is 0 Å². The molecule has 3 rings (SSSR count). The van der Waals surface area contributed by atoms with E-state index < -0.39 is 0 Å². The van der Waals surface area contributed by atoms with Crippen molar-refractivity contribution in [3.63, 3.8) is 0 Å². The van der Waals surface area contributed by atoms with Gasteiger partial charge in [-0.25, -0.2) is 4.98 Å². The van der Waals surface area contributed by atoms with E-state index in [9.17, 15) is 0 Å². The van der Waals surface area contributed by atoms with Crippen molar-refractivity contribution in [3.05, 3.63) is 36.9 Å². The fourth-order valence-corrected chi connectivity index (χ4v) is 2.39. The minimum absolute atomic E-state index is 0.869. The molecule has 0 unspecified atom stereocenters. The smallest absolute Gasteiger partial charge is 0.168 e. The molecule has 1 aromatic carbocycles. The minimum Gasteiger partial charge on any atom is -0.338 e. The van der Waals surface area contributed by atoms with Gasteiger partial charge in [0.15, 0.2) is 10.8 Å². The van der Waals surface area contributed by atoms with Crippen LogP contribution in [0.1, 0.15) is 0 Å². The third-order valence-electron chi connectivity index (χ3n) is 2.47. The highest BCUT2D eigenvalue weighted by Gasteiger charge is 2.08. The van der Waals surface area contributed by atoms with Crippen molar-refractivity contribution in [1.82, 2.24) is 15.0 Å². The Morgan fingerprint density at radius 2 is 2.19 bits per heavy atom. The number of hydrogen-bond acceptors (Lipinski definition) is 2. The van der Waals surface area contributed by atoms with Crippen molar-refractivity contribution in [1.29, 1.82) is 0 Å². The zero-order chi connectivity index (χ0) is 11.0. The molecule has 0 fully saturated rings. The van der Waals surface area contributed by atoms with Crippen LogP contribution in [0.2, 0.25) is 0 Å². The third kappa shape index (κ3) is 1.42. The molecule has 0 amide bonds. The van der Waals surface area contributed by atoms with Crippen LogP contribution in [0, 0.1) is 0 Å². The third-order valence-corrected chi connectivity index (χ3v) is 3.34. The van der Waals surface area contributed by atoms with E-state index in [2.05, 4.69) is 33.7 Å². The Balaban J connectivity index is 2.14. The highest BCUT2D eigenvalue weighted by atomic mass is 32.2. The Morgan fingerprint density at radius 3 is 3.06 bits per heavy atom. The molecule has 0 spiro atoms. The Bertz CT molecular complexity index is 650. The van der Waals surface area contributed by atoms with Gasteiger partial charge >= 0.3 is 0 Å². The summed E-state index contributed by atoms with van der Waals surface area (Å²) >= 11 is 1.65. The number of aromatic nitrogens is 3. The molecule has 0 atom stereocenters. The summed E-state index contributed by atoms with van der Waals surface area (Å²) in [6, 6.07) is 8.20. The van der Waals surface area contributed by atoms with E-state index in [0.29, 0.717) is 0 Å². The lowest BCUT2D eigenvalue weighted by molar-refractivity contribution is 1.07. The average Bonchev–Trinajstić information content (AvgIpc) is 2.83. The average molecular weight is 229 g/mol. The van der Waals surface area contributed by atoms with E-state index in [0.717, 1.165) is 27.6 Å². The number of aromatic amines is 2. The molecular formula is C12H11N3S. The number of para-hydroxylation sites is 1. The molecule has 0 aliphatic carbocycles. The van der Waals surface area contributed by atoms with Crippen molar-refractivity contribution in [2.75, 3.05) is 5.75 Å². The van der Waals surface area contributed by atoms with Gasteiger partial charge in [-0.15, -0.1) is 6.58 Å². The fourth-order valence-electron chi connectivity index (χ4n) is 1.78. The van der Waals surface area contributed by atoms with Crippen molar-refractivity contribution in [2.24, 2.45) is 0 Å². The van der Waals surface area contributed by atoms with E-state index in [-0.39, 0.29) is 0 Å². The van der Waals surface area contributed by atoms with E-state index in [1.807, 2.05) is 18.2 Å². The maximum absolute atomic E-state index is 4.49. The van der Waals surface area contributed by atoms with Crippen molar-refractivity contribution >= 4 is 33.8 Å². The zero-order valence-corrected chi connectivity index (χ0v) is 9.47. The molecule has 0 saturated carbocycles. The van der Waals surface area contributed by atoms with Gasteiger partial charge in [0.05, 0.1) is 5.52 Å². The van der Waals surface area contributed by atoms with Gasteiger partial charge in [0.1, 0.15) is 0 Å². The van der Waals surface area contributed by atoms with E-state index in [1.165, 1.54) is 5.39 Å². The van der Waals surface area contributed by atoms with Crippen LogP contribution >= 0.6 is 11.8 Å². The number of thioether (sulfide) groups is 1. The van der Waals surface area contributed by atoms with Crippen molar-refractivity contribution < 1.29 is 0 Å². The first-order valence-corrected chi connectivity index (χ1v) is 6.07. The molecule has 2 N–H and O–H groups in total. The Hall–Kier alpha value is -1.68. The van der Waals surface area contributed by atoms with Crippen LogP contribution < -0.4 is 0 Å². The number of imidazole rings is 1. The summed E-state index contributed by atoms with van der Waals surface area (Å²) in [6.07, 6.45) is 1.87. The second kappa shape index (κ2) is 3.72. The lowest BCUT2D eigenvalue weighted by atomic mass is 10.2. The fraction of sp³-hybridized carbons (Fsp3) is 0.0833. The predicted octanol–water partition coefficient (Wildman–Crippen LogP) is 3.32. The molecule has 16 heavy (non-hydrogen) atoms. The van der Waals surface area contributed by atoms with Crippen LogP contribution in [0.5, 0.6) is 0 Å². The molecule has 0 aliphatic heterocycles. The first kappa shape index (κ1) is 9.54. The lowest BCUT2D eigenvalue weighted by Gasteiger charge is -1.91. The Morgan fingerprint density at radius 1 is 1.31 bits per heavy atom. The quantitative estimate of drug-likeness (QED) is 0.534. The second-order valence-corrected chi connectivity index (χ2v) is 4.54. The number of benzene rings is 1. The van der Waals surface area contributed by atoms with Gasteiger partial charge in [0.25, 0.3) is 0 Å². The number of fused-ring (bicyclic) bond motifs is 3. The second-order valence-electron chi connectivity index (χ2n) is 3.54. The summed E-state index contributed by atoms with van der Waals surface area (Å²) in [5.41, 5.74) is 3.13. The molecule has 4 heteroatoms. The van der Waals surface area contributed by atoms with Gasteiger partial charge in [-0.3, -0.25) is 0 Å². The molecule has 2 aromatic heterocycles. The zero-order valence-electron chi connectivity index (χ0n) is 8.66. The highest BCUT2D eigenvalue weighted by molar-refractivity contribution is 7.99. The summed E-state index contributed by atoms with van der Waals surface area (Å²) in [4.78, 5) is 11.1. The molecule has 0 bridgehead atoms. The first-order valence-electron chi connectivity index (χ1n) is 5.08. The van der Waals surface area contributed by atoms with E-state index in [4.69, 9.17) is 0 Å². The minimum atomic E-state index is 0.869. The van der Waals surface area contributed by atoms with Crippen LogP contribution in [0.25, 0.3) is 22.1 Å². The van der Waals surface area contributed by atoms with Crippen LogP contribution in [0.15, 0.2) is 42.1 Å². The van der Waals surface area contributed by atoms with Crippen molar-refractivity contribution in [2.45, 2.75) is 5.16 Å². The van der Waals surface area contributed by atoms with Crippen LogP contribution in [0.4, 0.5) is 0 Å². The van der Waals surface area contributed by atoms with Gasteiger partial charge < -0.3 is 9.97 Å².